The van der Waals surface area contributed by atoms with Gasteiger partial charge in [-0.05, 0) is 33.4 Å². The fraction of sp³-hybridized carbons (Fsp3) is 0.571. The van der Waals surface area contributed by atoms with E-state index in [2.05, 4.69) is 11.4 Å². The number of rotatable bonds is 7. The summed E-state index contributed by atoms with van der Waals surface area (Å²) in [6.45, 7) is 4.82. The molecule has 1 N–H and O–H groups in total. The van der Waals surface area contributed by atoms with Gasteiger partial charge in [-0.2, -0.15) is 0 Å². The summed E-state index contributed by atoms with van der Waals surface area (Å²) in [6.07, 6.45) is 1.13. The van der Waals surface area contributed by atoms with Crippen LogP contribution >= 0.6 is 0 Å². The van der Waals surface area contributed by atoms with E-state index in [1.54, 1.807) is 7.11 Å². The number of para-hydroxylation sites is 1. The molecule has 1 rings (SSSR count). The molecule has 0 radical (unpaired) electrons. The van der Waals surface area contributed by atoms with Gasteiger partial charge in [0.2, 0.25) is 0 Å². The number of nitrogens with one attached hydrogen (secondary N) is 1. The minimum atomic E-state index is 0.191. The fourth-order valence-corrected chi connectivity index (χ4v) is 1.82. The van der Waals surface area contributed by atoms with Gasteiger partial charge in [0, 0.05) is 25.3 Å². The average molecular weight is 237 g/mol. The van der Waals surface area contributed by atoms with Gasteiger partial charge in [-0.1, -0.05) is 18.2 Å². The van der Waals surface area contributed by atoms with Gasteiger partial charge < -0.3 is 14.8 Å². The van der Waals surface area contributed by atoms with Crippen LogP contribution in [0.2, 0.25) is 0 Å². The van der Waals surface area contributed by atoms with Gasteiger partial charge in [-0.3, -0.25) is 0 Å². The monoisotopic (exact) mass is 237 g/mol. The molecule has 0 saturated carbocycles. The first-order chi connectivity index (χ1) is 8.19. The largest absolute Gasteiger partial charge is 0.491 e. The Morgan fingerprint density at radius 2 is 1.94 bits per heavy atom. The van der Waals surface area contributed by atoms with E-state index in [1.807, 2.05) is 39.1 Å². The van der Waals surface area contributed by atoms with Crippen molar-refractivity contribution >= 4 is 0 Å². The Labute approximate surface area is 104 Å². The third-order valence-corrected chi connectivity index (χ3v) is 2.62. The van der Waals surface area contributed by atoms with Crippen LogP contribution in [0.4, 0.5) is 0 Å². The third kappa shape index (κ3) is 4.36. The molecular weight excluding hydrogens is 214 g/mol. The summed E-state index contributed by atoms with van der Waals surface area (Å²) in [7, 11) is 3.69. The molecule has 96 valence electrons. The Bertz CT molecular complexity index is 326. The van der Waals surface area contributed by atoms with Crippen LogP contribution in [0.15, 0.2) is 24.3 Å². The molecule has 0 spiro atoms. The SMILES string of the molecule is CNC(CCOC)c1ccccc1OC(C)C. The van der Waals surface area contributed by atoms with Crippen molar-refractivity contribution in [1.29, 1.82) is 0 Å². The minimum Gasteiger partial charge on any atom is -0.491 e. The molecule has 3 heteroatoms. The molecule has 0 fully saturated rings. The molecule has 0 bridgehead atoms. The van der Waals surface area contributed by atoms with E-state index < -0.39 is 0 Å². The van der Waals surface area contributed by atoms with Crippen molar-refractivity contribution < 1.29 is 9.47 Å². The summed E-state index contributed by atoms with van der Waals surface area (Å²) >= 11 is 0. The van der Waals surface area contributed by atoms with Crippen molar-refractivity contribution in [3.63, 3.8) is 0 Å². The van der Waals surface area contributed by atoms with Crippen LogP contribution in [-0.2, 0) is 4.74 Å². The van der Waals surface area contributed by atoms with Gasteiger partial charge in [-0.25, -0.2) is 0 Å². The number of hydrogen-bond donors (Lipinski definition) is 1. The second-order valence-electron chi connectivity index (χ2n) is 4.33. The summed E-state index contributed by atoms with van der Waals surface area (Å²) in [4.78, 5) is 0. The van der Waals surface area contributed by atoms with Crippen molar-refractivity contribution in [3.05, 3.63) is 29.8 Å². The van der Waals surface area contributed by atoms with Gasteiger partial charge in [0.1, 0.15) is 5.75 Å². The number of benzene rings is 1. The smallest absolute Gasteiger partial charge is 0.124 e. The van der Waals surface area contributed by atoms with Crippen LogP contribution in [0.5, 0.6) is 5.75 Å². The van der Waals surface area contributed by atoms with Crippen LogP contribution < -0.4 is 10.1 Å². The highest BCUT2D eigenvalue weighted by Crippen LogP contribution is 2.27. The molecule has 1 atom stereocenters. The second-order valence-corrected chi connectivity index (χ2v) is 4.33. The first-order valence-electron chi connectivity index (χ1n) is 6.10. The zero-order chi connectivity index (χ0) is 12.7. The lowest BCUT2D eigenvalue weighted by atomic mass is 10.0. The quantitative estimate of drug-likeness (QED) is 0.791. The van der Waals surface area contributed by atoms with E-state index in [0.717, 1.165) is 18.8 Å². The van der Waals surface area contributed by atoms with Crippen LogP contribution in [0.25, 0.3) is 0 Å². The topological polar surface area (TPSA) is 30.5 Å². The van der Waals surface area contributed by atoms with E-state index in [4.69, 9.17) is 9.47 Å². The molecule has 17 heavy (non-hydrogen) atoms. The first-order valence-corrected chi connectivity index (χ1v) is 6.10. The molecule has 0 saturated heterocycles. The molecule has 0 aliphatic rings. The summed E-state index contributed by atoms with van der Waals surface area (Å²) in [6, 6.07) is 8.44. The summed E-state index contributed by atoms with van der Waals surface area (Å²) < 4.78 is 11.0. The van der Waals surface area contributed by atoms with Crippen molar-refractivity contribution in [2.75, 3.05) is 20.8 Å². The van der Waals surface area contributed by atoms with E-state index in [-0.39, 0.29) is 12.1 Å². The predicted octanol–water partition coefficient (Wildman–Crippen LogP) is 2.77. The highest BCUT2D eigenvalue weighted by atomic mass is 16.5. The third-order valence-electron chi connectivity index (χ3n) is 2.62. The highest BCUT2D eigenvalue weighted by Gasteiger charge is 2.14. The second kappa shape index (κ2) is 7.30. The van der Waals surface area contributed by atoms with Crippen molar-refractivity contribution in [2.45, 2.75) is 32.4 Å². The summed E-state index contributed by atoms with van der Waals surface area (Å²) in [5.41, 5.74) is 1.20. The molecule has 1 aromatic rings. The fourth-order valence-electron chi connectivity index (χ4n) is 1.82. The van der Waals surface area contributed by atoms with Crippen LogP contribution in [0.3, 0.4) is 0 Å². The van der Waals surface area contributed by atoms with Gasteiger partial charge >= 0.3 is 0 Å². The van der Waals surface area contributed by atoms with Crippen molar-refractivity contribution in [3.8, 4) is 5.75 Å². The lowest BCUT2D eigenvalue weighted by Crippen LogP contribution is -2.20. The van der Waals surface area contributed by atoms with Gasteiger partial charge in [-0.15, -0.1) is 0 Å². The van der Waals surface area contributed by atoms with Gasteiger partial charge in [0.15, 0.2) is 0 Å². The molecule has 0 heterocycles. The van der Waals surface area contributed by atoms with Gasteiger partial charge in [0.25, 0.3) is 0 Å². The first kappa shape index (κ1) is 14.0. The van der Waals surface area contributed by atoms with Gasteiger partial charge in [0.05, 0.1) is 6.10 Å². The molecular formula is C14H23NO2. The lowest BCUT2D eigenvalue weighted by Gasteiger charge is -2.21. The number of hydrogen-bond acceptors (Lipinski definition) is 3. The van der Waals surface area contributed by atoms with E-state index in [0.29, 0.717) is 0 Å². The Morgan fingerprint density at radius 1 is 1.24 bits per heavy atom. The lowest BCUT2D eigenvalue weighted by molar-refractivity contribution is 0.182. The van der Waals surface area contributed by atoms with E-state index in [9.17, 15) is 0 Å². The average Bonchev–Trinajstić information content (AvgIpc) is 2.31. The number of ether oxygens (including phenoxy) is 2. The maximum Gasteiger partial charge on any atom is 0.124 e. The molecule has 0 aliphatic carbocycles. The molecule has 3 nitrogen and oxygen atoms in total. The van der Waals surface area contributed by atoms with Crippen LogP contribution in [-0.4, -0.2) is 26.9 Å². The van der Waals surface area contributed by atoms with Crippen molar-refractivity contribution in [2.24, 2.45) is 0 Å². The normalized spacial score (nSPS) is 12.8. The standard InChI is InChI=1S/C14H23NO2/c1-11(2)17-14-8-6-5-7-12(14)13(15-3)9-10-16-4/h5-8,11,13,15H,9-10H2,1-4H3. The Morgan fingerprint density at radius 3 is 2.53 bits per heavy atom. The molecule has 0 amide bonds. The predicted molar refractivity (Wildman–Crippen MR) is 70.5 cm³/mol. The van der Waals surface area contributed by atoms with Crippen LogP contribution in [0, 0.1) is 0 Å². The molecule has 0 aromatic heterocycles. The van der Waals surface area contributed by atoms with E-state index >= 15 is 0 Å². The Hall–Kier alpha value is -1.06. The summed E-state index contributed by atoms with van der Waals surface area (Å²) in [5.74, 6) is 0.956. The Kier molecular flexibility index (Phi) is 6.01. The maximum absolute atomic E-state index is 5.83. The zero-order valence-corrected chi connectivity index (χ0v) is 11.2. The zero-order valence-electron chi connectivity index (χ0n) is 11.2. The highest BCUT2D eigenvalue weighted by molar-refractivity contribution is 5.36. The Balaban J connectivity index is 2.85. The molecule has 0 aliphatic heterocycles. The number of methoxy groups -OCH3 is 1. The van der Waals surface area contributed by atoms with Crippen LogP contribution in [0.1, 0.15) is 31.9 Å². The van der Waals surface area contributed by atoms with Crippen molar-refractivity contribution in [1.82, 2.24) is 5.32 Å². The van der Waals surface area contributed by atoms with E-state index in [1.165, 1.54) is 5.56 Å². The minimum absolute atomic E-state index is 0.191. The molecule has 1 unspecified atom stereocenters. The summed E-state index contributed by atoms with van der Waals surface area (Å²) in [5, 5.41) is 3.31. The maximum atomic E-state index is 5.83. The molecule has 1 aromatic carbocycles.